The first kappa shape index (κ1) is 20.0. The number of hydrogen-bond acceptors (Lipinski definition) is 4. The number of nitro groups is 1. The minimum atomic E-state index is -0.557. The lowest BCUT2D eigenvalue weighted by molar-refractivity contribution is -0.885. The quantitative estimate of drug-likeness (QED) is 0.500. The normalized spacial score (nSPS) is 12.7. The molecule has 0 bridgehead atoms. The molecule has 0 aliphatic heterocycles. The van der Waals surface area contributed by atoms with E-state index in [2.05, 4.69) is 10.6 Å². The van der Waals surface area contributed by atoms with Gasteiger partial charge in [-0.1, -0.05) is 6.07 Å². The number of nitrogens with zero attached hydrogens (tertiary/aromatic N) is 1. The fourth-order valence-electron chi connectivity index (χ4n) is 2.32. The molecular weight excluding hydrogens is 355 g/mol. The number of likely N-dealkylation sites (N-methyl/N-ethyl adjacent to an activating group) is 1. The minimum absolute atomic E-state index is 0.00532. The maximum atomic E-state index is 13.1. The molecule has 9 heteroatoms. The zero-order valence-electron chi connectivity index (χ0n) is 14.9. The molecule has 0 aliphatic rings. The van der Waals surface area contributed by atoms with Gasteiger partial charge in [-0.05, 0) is 37.3 Å². The van der Waals surface area contributed by atoms with Gasteiger partial charge in [-0.3, -0.25) is 19.7 Å². The van der Waals surface area contributed by atoms with Crippen LogP contribution < -0.4 is 15.5 Å². The zero-order chi connectivity index (χ0) is 20.0. The molecule has 0 aliphatic carbocycles. The van der Waals surface area contributed by atoms with Crippen LogP contribution >= 0.6 is 0 Å². The second-order valence-electron chi connectivity index (χ2n) is 6.10. The average Bonchev–Trinajstić information content (AvgIpc) is 2.61. The van der Waals surface area contributed by atoms with Gasteiger partial charge in [0.25, 0.3) is 17.5 Å². The van der Waals surface area contributed by atoms with Crippen LogP contribution in [0.25, 0.3) is 0 Å². The van der Waals surface area contributed by atoms with E-state index in [1.54, 1.807) is 20.0 Å². The summed E-state index contributed by atoms with van der Waals surface area (Å²) in [6.45, 7) is 1.66. The van der Waals surface area contributed by atoms with Gasteiger partial charge in [-0.25, -0.2) is 4.39 Å². The number of hydrogen-bond donors (Lipinski definition) is 3. The van der Waals surface area contributed by atoms with Crippen molar-refractivity contribution in [2.45, 2.75) is 13.0 Å². The molecule has 1 unspecified atom stereocenters. The summed E-state index contributed by atoms with van der Waals surface area (Å²) in [6, 6.07) is 10.5. The van der Waals surface area contributed by atoms with E-state index in [4.69, 9.17) is 0 Å². The molecule has 0 saturated carbocycles. The SMILES string of the molecule is C[C@@H](C(=O)Nc1ccc([N+](=O)[O-])cc1)[NH+](C)CC(=O)Nc1cccc(F)c1. The Bertz CT molecular complexity index is 842. The Balaban J connectivity index is 1.89. The fraction of sp³-hybridized carbons (Fsp3) is 0.222. The van der Waals surface area contributed by atoms with Crippen LogP contribution in [0.4, 0.5) is 21.5 Å². The third-order valence-electron chi connectivity index (χ3n) is 4.03. The molecule has 2 aromatic rings. The van der Waals surface area contributed by atoms with Gasteiger partial charge in [0.2, 0.25) is 0 Å². The van der Waals surface area contributed by atoms with E-state index in [1.807, 2.05) is 0 Å². The number of quaternary nitrogens is 1. The highest BCUT2D eigenvalue weighted by Crippen LogP contribution is 2.15. The maximum absolute atomic E-state index is 13.1. The molecule has 0 fully saturated rings. The molecule has 0 radical (unpaired) electrons. The zero-order valence-corrected chi connectivity index (χ0v) is 14.9. The van der Waals surface area contributed by atoms with Crippen molar-refractivity contribution in [3.8, 4) is 0 Å². The summed E-state index contributed by atoms with van der Waals surface area (Å²) in [5, 5.41) is 15.9. The molecule has 2 rings (SSSR count). The Morgan fingerprint density at radius 2 is 1.81 bits per heavy atom. The molecule has 2 amide bonds. The number of halogens is 1. The van der Waals surface area contributed by atoms with Crippen LogP contribution in [0.2, 0.25) is 0 Å². The van der Waals surface area contributed by atoms with Crippen LogP contribution in [0.5, 0.6) is 0 Å². The van der Waals surface area contributed by atoms with Crippen LogP contribution in [-0.4, -0.2) is 36.4 Å². The van der Waals surface area contributed by atoms with Crippen molar-refractivity contribution in [3.05, 3.63) is 64.5 Å². The predicted octanol–water partition coefficient (Wildman–Crippen LogP) is 1.21. The number of carbonyl (C=O) groups excluding carboxylic acids is 2. The van der Waals surface area contributed by atoms with E-state index < -0.39 is 16.8 Å². The van der Waals surface area contributed by atoms with Gasteiger partial charge in [-0.15, -0.1) is 0 Å². The van der Waals surface area contributed by atoms with Crippen molar-refractivity contribution in [2.75, 3.05) is 24.2 Å². The van der Waals surface area contributed by atoms with Gasteiger partial charge in [0, 0.05) is 23.5 Å². The van der Waals surface area contributed by atoms with Crippen LogP contribution in [0.3, 0.4) is 0 Å². The third kappa shape index (κ3) is 5.86. The van der Waals surface area contributed by atoms with Crippen molar-refractivity contribution >= 4 is 28.9 Å². The molecule has 0 heterocycles. The number of anilines is 2. The number of rotatable bonds is 7. The molecule has 0 saturated heterocycles. The second-order valence-corrected chi connectivity index (χ2v) is 6.10. The van der Waals surface area contributed by atoms with E-state index in [0.29, 0.717) is 16.3 Å². The maximum Gasteiger partial charge on any atom is 0.282 e. The van der Waals surface area contributed by atoms with E-state index >= 15 is 0 Å². The molecule has 8 nitrogen and oxygen atoms in total. The van der Waals surface area contributed by atoms with E-state index in [-0.39, 0.29) is 24.0 Å². The molecule has 27 heavy (non-hydrogen) atoms. The monoisotopic (exact) mass is 375 g/mol. The largest absolute Gasteiger partial charge is 0.321 e. The first-order chi connectivity index (χ1) is 12.8. The predicted molar refractivity (Wildman–Crippen MR) is 98.0 cm³/mol. The van der Waals surface area contributed by atoms with Gasteiger partial charge < -0.3 is 15.5 Å². The second kappa shape index (κ2) is 8.86. The van der Waals surface area contributed by atoms with Crippen LogP contribution in [0.15, 0.2) is 48.5 Å². The summed E-state index contributed by atoms with van der Waals surface area (Å²) in [6.07, 6.45) is 0. The first-order valence-electron chi connectivity index (χ1n) is 8.19. The van der Waals surface area contributed by atoms with Gasteiger partial charge in [0.15, 0.2) is 12.6 Å². The minimum Gasteiger partial charge on any atom is -0.321 e. The Hall–Kier alpha value is -3.33. The smallest absolute Gasteiger partial charge is 0.282 e. The summed E-state index contributed by atoms with van der Waals surface area (Å²) >= 11 is 0. The Morgan fingerprint density at radius 3 is 2.41 bits per heavy atom. The van der Waals surface area contributed by atoms with Crippen LogP contribution in [0.1, 0.15) is 6.92 Å². The van der Waals surface area contributed by atoms with Gasteiger partial charge >= 0.3 is 0 Å². The fourth-order valence-corrected chi connectivity index (χ4v) is 2.32. The van der Waals surface area contributed by atoms with Gasteiger partial charge in [0.05, 0.1) is 12.0 Å². The highest BCUT2D eigenvalue weighted by atomic mass is 19.1. The topological polar surface area (TPSA) is 106 Å². The number of nitro benzene ring substituents is 1. The molecule has 2 atom stereocenters. The number of non-ortho nitro benzene ring substituents is 1. The van der Waals surface area contributed by atoms with Crippen LogP contribution in [0, 0.1) is 15.9 Å². The van der Waals surface area contributed by atoms with Crippen LogP contribution in [-0.2, 0) is 9.59 Å². The standard InChI is InChI=1S/C18H19FN4O4/c1-12(18(25)21-14-6-8-16(9-7-14)23(26)27)22(2)11-17(24)20-15-5-3-4-13(19)10-15/h3-10,12H,11H2,1-2H3,(H,20,24)(H,21,25)/p+1/t12-/m0/s1. The summed E-state index contributed by atoms with van der Waals surface area (Å²) in [7, 11) is 1.69. The first-order valence-corrected chi connectivity index (χ1v) is 8.19. The molecule has 3 N–H and O–H groups in total. The Kier molecular flexibility index (Phi) is 6.56. The number of nitrogens with one attached hydrogen (secondary N) is 3. The van der Waals surface area contributed by atoms with Gasteiger partial charge in [-0.2, -0.15) is 0 Å². The number of amides is 2. The lowest BCUT2D eigenvalue weighted by atomic mass is 10.2. The van der Waals surface area contributed by atoms with Crippen molar-refractivity contribution in [1.82, 2.24) is 0 Å². The van der Waals surface area contributed by atoms with Crippen molar-refractivity contribution in [3.63, 3.8) is 0 Å². The van der Waals surface area contributed by atoms with E-state index in [0.717, 1.165) is 0 Å². The summed E-state index contributed by atoms with van der Waals surface area (Å²) in [5.74, 6) is -1.14. The summed E-state index contributed by atoms with van der Waals surface area (Å²) < 4.78 is 13.1. The van der Waals surface area contributed by atoms with Crippen molar-refractivity contribution in [1.29, 1.82) is 0 Å². The lowest BCUT2D eigenvalue weighted by Crippen LogP contribution is -3.14. The molecule has 0 spiro atoms. The van der Waals surface area contributed by atoms with E-state index in [9.17, 15) is 24.1 Å². The molecule has 142 valence electrons. The summed E-state index contributed by atoms with van der Waals surface area (Å²) in [5.41, 5.74) is 0.697. The highest BCUT2D eigenvalue weighted by Gasteiger charge is 2.24. The Labute approximate surface area is 155 Å². The van der Waals surface area contributed by atoms with Crippen molar-refractivity contribution in [2.24, 2.45) is 0 Å². The van der Waals surface area contributed by atoms with Gasteiger partial charge in [0.1, 0.15) is 5.82 Å². The molecular formula is C18H20FN4O4+. The Morgan fingerprint density at radius 1 is 1.15 bits per heavy atom. The summed E-state index contributed by atoms with van der Waals surface area (Å²) in [4.78, 5) is 35.1. The highest BCUT2D eigenvalue weighted by molar-refractivity contribution is 5.94. The molecule has 0 aromatic heterocycles. The number of benzene rings is 2. The van der Waals surface area contributed by atoms with Crippen molar-refractivity contribution < 1.29 is 23.8 Å². The number of carbonyl (C=O) groups is 2. The third-order valence-corrected chi connectivity index (χ3v) is 4.03. The average molecular weight is 375 g/mol. The lowest BCUT2D eigenvalue weighted by Gasteiger charge is -2.20. The van der Waals surface area contributed by atoms with E-state index in [1.165, 1.54) is 42.5 Å². The molecule has 2 aromatic carbocycles.